The molecule has 4 nitrogen and oxygen atoms in total. The van der Waals surface area contributed by atoms with Crippen LogP contribution in [-0.4, -0.2) is 19.8 Å². The van der Waals surface area contributed by atoms with Gasteiger partial charge < -0.3 is 9.47 Å². The first-order chi connectivity index (χ1) is 9.69. The highest BCUT2D eigenvalue weighted by atomic mass is 19.3. The molecule has 1 aliphatic carbocycles. The van der Waals surface area contributed by atoms with Crippen LogP contribution in [0.1, 0.15) is 31.2 Å². The normalized spacial score (nSPS) is 15.8. The Hall–Kier alpha value is -1.40. The van der Waals surface area contributed by atoms with Crippen LogP contribution in [0.3, 0.4) is 0 Å². The molecule has 1 fully saturated rings. The molecule has 0 atom stereocenters. The second-order valence-electron chi connectivity index (χ2n) is 4.71. The van der Waals surface area contributed by atoms with E-state index in [4.69, 9.17) is 9.57 Å². The van der Waals surface area contributed by atoms with Crippen molar-refractivity contribution < 1.29 is 23.1 Å². The molecule has 112 valence electrons. The lowest BCUT2D eigenvalue weighted by Crippen LogP contribution is -2.21. The summed E-state index contributed by atoms with van der Waals surface area (Å²) in [5.41, 5.74) is 3.67. The number of benzene rings is 1. The molecule has 0 spiro atoms. The van der Waals surface area contributed by atoms with Crippen LogP contribution in [0.4, 0.5) is 8.78 Å². The second kappa shape index (κ2) is 7.40. The maximum absolute atomic E-state index is 12.3. The summed E-state index contributed by atoms with van der Waals surface area (Å²) in [5, 5.41) is 0. The van der Waals surface area contributed by atoms with Crippen molar-refractivity contribution in [2.24, 2.45) is 0 Å². The van der Waals surface area contributed by atoms with E-state index in [0.717, 1.165) is 18.4 Å². The van der Waals surface area contributed by atoms with Crippen molar-refractivity contribution in [2.45, 2.75) is 44.9 Å². The summed E-state index contributed by atoms with van der Waals surface area (Å²) < 4.78 is 34.0. The number of nitrogens with one attached hydrogen (secondary N) is 1. The van der Waals surface area contributed by atoms with Crippen LogP contribution >= 0.6 is 0 Å². The van der Waals surface area contributed by atoms with Gasteiger partial charge in [0.25, 0.3) is 0 Å². The molecule has 1 aromatic rings. The van der Waals surface area contributed by atoms with E-state index >= 15 is 0 Å². The number of rotatable bonds is 7. The first-order valence-corrected chi connectivity index (χ1v) is 6.69. The van der Waals surface area contributed by atoms with E-state index in [1.54, 1.807) is 12.1 Å². The van der Waals surface area contributed by atoms with Gasteiger partial charge in [-0.3, -0.25) is 4.84 Å². The van der Waals surface area contributed by atoms with Crippen LogP contribution in [0.15, 0.2) is 18.2 Å². The van der Waals surface area contributed by atoms with Crippen LogP contribution in [0.2, 0.25) is 0 Å². The molecular weight excluding hydrogens is 268 g/mol. The van der Waals surface area contributed by atoms with Crippen molar-refractivity contribution in [2.75, 3.05) is 7.11 Å². The maximum Gasteiger partial charge on any atom is 0.387 e. The molecular formula is C14H19F2NO3. The Balaban J connectivity index is 1.90. The van der Waals surface area contributed by atoms with E-state index in [1.165, 1.54) is 26.0 Å². The molecule has 6 heteroatoms. The SMILES string of the molecule is COc1ccc(CNOC2CCCC2)cc1OC(F)F. The highest BCUT2D eigenvalue weighted by Crippen LogP contribution is 2.29. The van der Waals surface area contributed by atoms with Crippen molar-refractivity contribution in [3.8, 4) is 11.5 Å². The van der Waals surface area contributed by atoms with Crippen LogP contribution in [0, 0.1) is 0 Å². The van der Waals surface area contributed by atoms with Gasteiger partial charge in [0.1, 0.15) is 0 Å². The van der Waals surface area contributed by atoms with Crippen molar-refractivity contribution in [3.05, 3.63) is 23.8 Å². The number of hydroxylamine groups is 1. The van der Waals surface area contributed by atoms with Gasteiger partial charge in [0, 0.05) is 6.54 Å². The molecule has 0 aromatic heterocycles. The Bertz CT molecular complexity index is 423. The monoisotopic (exact) mass is 287 g/mol. The zero-order chi connectivity index (χ0) is 14.4. The lowest BCUT2D eigenvalue weighted by atomic mass is 10.2. The number of hydrogen-bond donors (Lipinski definition) is 1. The predicted molar refractivity (Wildman–Crippen MR) is 69.8 cm³/mol. The fourth-order valence-corrected chi connectivity index (χ4v) is 2.27. The van der Waals surface area contributed by atoms with E-state index < -0.39 is 6.61 Å². The zero-order valence-electron chi connectivity index (χ0n) is 11.4. The summed E-state index contributed by atoms with van der Waals surface area (Å²) in [5.74, 6) is 0.313. The van der Waals surface area contributed by atoms with E-state index in [0.29, 0.717) is 6.54 Å². The van der Waals surface area contributed by atoms with Gasteiger partial charge in [0.2, 0.25) is 0 Å². The second-order valence-corrected chi connectivity index (χ2v) is 4.71. The van der Waals surface area contributed by atoms with Gasteiger partial charge in [0.05, 0.1) is 13.2 Å². The van der Waals surface area contributed by atoms with Crippen LogP contribution in [-0.2, 0) is 11.4 Å². The van der Waals surface area contributed by atoms with Crippen molar-refractivity contribution in [1.29, 1.82) is 0 Å². The smallest absolute Gasteiger partial charge is 0.387 e. The molecule has 2 rings (SSSR count). The van der Waals surface area contributed by atoms with Gasteiger partial charge in [-0.15, -0.1) is 0 Å². The number of hydrogen-bond acceptors (Lipinski definition) is 4. The summed E-state index contributed by atoms with van der Waals surface area (Å²) >= 11 is 0. The largest absolute Gasteiger partial charge is 0.493 e. The summed E-state index contributed by atoms with van der Waals surface area (Å²) in [6, 6.07) is 4.91. The third-order valence-electron chi connectivity index (χ3n) is 3.27. The molecule has 1 saturated carbocycles. The molecule has 1 N–H and O–H groups in total. The fraction of sp³-hybridized carbons (Fsp3) is 0.571. The predicted octanol–water partition coefficient (Wildman–Crippen LogP) is 3.26. The minimum Gasteiger partial charge on any atom is -0.493 e. The minimum atomic E-state index is -2.87. The fourth-order valence-electron chi connectivity index (χ4n) is 2.27. The average molecular weight is 287 g/mol. The van der Waals surface area contributed by atoms with Crippen LogP contribution in [0.5, 0.6) is 11.5 Å². The van der Waals surface area contributed by atoms with Gasteiger partial charge in [-0.2, -0.15) is 14.3 Å². The highest BCUT2D eigenvalue weighted by molar-refractivity contribution is 5.42. The lowest BCUT2D eigenvalue weighted by molar-refractivity contribution is -0.0513. The molecule has 0 amide bonds. The molecule has 0 heterocycles. The quantitative estimate of drug-likeness (QED) is 0.781. The Morgan fingerprint density at radius 1 is 1.25 bits per heavy atom. The van der Waals surface area contributed by atoms with Gasteiger partial charge in [-0.05, 0) is 30.5 Å². The van der Waals surface area contributed by atoms with Crippen LogP contribution in [0.25, 0.3) is 0 Å². The number of ether oxygens (including phenoxy) is 2. The molecule has 0 unspecified atom stereocenters. The number of methoxy groups -OCH3 is 1. The Morgan fingerprint density at radius 3 is 2.65 bits per heavy atom. The van der Waals surface area contributed by atoms with E-state index in [1.807, 2.05) is 0 Å². The number of halogens is 2. The first-order valence-electron chi connectivity index (χ1n) is 6.69. The van der Waals surface area contributed by atoms with Crippen molar-refractivity contribution in [3.63, 3.8) is 0 Å². The highest BCUT2D eigenvalue weighted by Gasteiger charge is 2.16. The summed E-state index contributed by atoms with van der Waals surface area (Å²) in [4.78, 5) is 5.51. The summed E-state index contributed by atoms with van der Waals surface area (Å²) in [6.45, 7) is -2.44. The molecule has 0 saturated heterocycles. The van der Waals surface area contributed by atoms with E-state index in [9.17, 15) is 8.78 Å². The summed E-state index contributed by atoms with van der Waals surface area (Å²) in [6.07, 6.45) is 4.78. The third kappa shape index (κ3) is 4.31. The first kappa shape index (κ1) is 15.0. The van der Waals surface area contributed by atoms with Crippen molar-refractivity contribution in [1.82, 2.24) is 5.48 Å². The van der Waals surface area contributed by atoms with Gasteiger partial charge in [-0.25, -0.2) is 0 Å². The van der Waals surface area contributed by atoms with E-state index in [2.05, 4.69) is 10.2 Å². The topological polar surface area (TPSA) is 39.7 Å². The molecule has 1 aromatic carbocycles. The Labute approximate surface area is 117 Å². The molecule has 0 radical (unpaired) electrons. The molecule has 0 aliphatic heterocycles. The van der Waals surface area contributed by atoms with Gasteiger partial charge >= 0.3 is 6.61 Å². The number of alkyl halides is 2. The third-order valence-corrected chi connectivity index (χ3v) is 3.27. The van der Waals surface area contributed by atoms with Gasteiger partial charge in [0.15, 0.2) is 11.5 Å². The lowest BCUT2D eigenvalue weighted by Gasteiger charge is -2.14. The van der Waals surface area contributed by atoms with Crippen LogP contribution < -0.4 is 15.0 Å². The Morgan fingerprint density at radius 2 is 2.00 bits per heavy atom. The molecule has 20 heavy (non-hydrogen) atoms. The molecule has 1 aliphatic rings. The Kier molecular flexibility index (Phi) is 5.55. The van der Waals surface area contributed by atoms with Crippen molar-refractivity contribution >= 4 is 0 Å². The maximum atomic E-state index is 12.3. The average Bonchev–Trinajstić information content (AvgIpc) is 2.91. The van der Waals surface area contributed by atoms with E-state index in [-0.39, 0.29) is 17.6 Å². The zero-order valence-corrected chi connectivity index (χ0v) is 11.4. The minimum absolute atomic E-state index is 0.0302. The standard InChI is InChI=1S/C14H19F2NO3/c1-18-12-7-6-10(8-13(12)19-14(15)16)9-17-20-11-4-2-3-5-11/h6-8,11,14,17H,2-5,9H2,1H3. The summed E-state index contributed by atoms with van der Waals surface area (Å²) in [7, 11) is 1.41. The molecule has 0 bridgehead atoms. The van der Waals surface area contributed by atoms with Gasteiger partial charge in [-0.1, -0.05) is 18.9 Å².